The van der Waals surface area contributed by atoms with Crippen LogP contribution in [0.4, 0.5) is 10.8 Å². The normalized spacial score (nSPS) is 19.0. The van der Waals surface area contributed by atoms with Gasteiger partial charge in [-0.2, -0.15) is 4.37 Å². The lowest BCUT2D eigenvalue weighted by Crippen LogP contribution is -2.35. The summed E-state index contributed by atoms with van der Waals surface area (Å²) in [5.74, 6) is 0.0573. The van der Waals surface area contributed by atoms with E-state index in [1.54, 1.807) is 0 Å². The Morgan fingerprint density at radius 2 is 2.29 bits per heavy atom. The maximum Gasteiger partial charge on any atom is 0.217 e. The topological polar surface area (TPSA) is 105 Å². The van der Waals surface area contributed by atoms with Gasteiger partial charge in [-0.25, -0.2) is 8.42 Å². The van der Waals surface area contributed by atoms with Crippen molar-refractivity contribution in [2.45, 2.75) is 37.6 Å². The Labute approximate surface area is 128 Å². The molecule has 0 aliphatic carbocycles. The van der Waals surface area contributed by atoms with Crippen LogP contribution in [0.3, 0.4) is 0 Å². The highest BCUT2D eigenvalue weighted by Crippen LogP contribution is 2.37. The van der Waals surface area contributed by atoms with Gasteiger partial charge < -0.3 is 16.0 Å². The Hall–Kier alpha value is -1.35. The fraction of sp³-hybridized carbons (Fsp3) is 0.667. The largest absolute Gasteiger partial charge is 0.382 e. The molecule has 1 atom stereocenters. The van der Waals surface area contributed by atoms with Crippen molar-refractivity contribution in [3.63, 3.8) is 0 Å². The number of aromatic nitrogens is 1. The van der Waals surface area contributed by atoms with Crippen LogP contribution in [0.5, 0.6) is 0 Å². The van der Waals surface area contributed by atoms with Crippen molar-refractivity contribution >= 4 is 38.1 Å². The summed E-state index contributed by atoms with van der Waals surface area (Å²) in [6.07, 6.45) is 1.32. The quantitative estimate of drug-likeness (QED) is 0.819. The minimum absolute atomic E-state index is 0.0348. The molecule has 1 aliphatic rings. The zero-order valence-corrected chi connectivity index (χ0v) is 13.8. The fourth-order valence-corrected chi connectivity index (χ4v) is 5.30. The average Bonchev–Trinajstić information content (AvgIpc) is 2.95. The average molecular weight is 332 g/mol. The van der Waals surface area contributed by atoms with Gasteiger partial charge in [0.05, 0.1) is 5.75 Å². The molecule has 0 radical (unpaired) electrons. The zero-order chi connectivity index (χ0) is 15.6. The lowest BCUT2D eigenvalue weighted by Gasteiger charge is -2.18. The van der Waals surface area contributed by atoms with Crippen molar-refractivity contribution in [2.75, 3.05) is 29.5 Å². The lowest BCUT2D eigenvalue weighted by atomic mass is 10.3. The molecule has 7 nitrogen and oxygen atoms in total. The third-order valence-corrected chi connectivity index (χ3v) is 6.35. The molecule has 3 N–H and O–H groups in total. The maximum absolute atomic E-state index is 12.3. The van der Waals surface area contributed by atoms with Gasteiger partial charge in [0.25, 0.3) is 0 Å². The van der Waals surface area contributed by atoms with E-state index in [-0.39, 0.29) is 28.4 Å². The van der Waals surface area contributed by atoms with Crippen molar-refractivity contribution in [1.29, 1.82) is 0 Å². The maximum atomic E-state index is 12.3. The van der Waals surface area contributed by atoms with Crippen LogP contribution in [0.1, 0.15) is 26.7 Å². The summed E-state index contributed by atoms with van der Waals surface area (Å²) >= 11 is 1.11. The van der Waals surface area contributed by atoms with Gasteiger partial charge in [0.15, 0.2) is 15.7 Å². The Kier molecular flexibility index (Phi) is 4.72. The lowest BCUT2D eigenvalue weighted by molar-refractivity contribution is -0.119. The first-order chi connectivity index (χ1) is 9.85. The van der Waals surface area contributed by atoms with E-state index in [9.17, 15) is 13.2 Å². The zero-order valence-electron chi connectivity index (χ0n) is 12.1. The van der Waals surface area contributed by atoms with Crippen molar-refractivity contribution in [1.82, 2.24) is 9.69 Å². The molecule has 1 saturated heterocycles. The van der Waals surface area contributed by atoms with Crippen LogP contribution in [-0.2, 0) is 14.6 Å². The number of hydrogen-bond acceptors (Lipinski definition) is 7. The van der Waals surface area contributed by atoms with Gasteiger partial charge in [-0.3, -0.25) is 4.79 Å². The molecule has 1 aliphatic heterocycles. The number of amides is 1. The van der Waals surface area contributed by atoms with Crippen LogP contribution in [0.2, 0.25) is 0 Å². The Bertz CT molecular complexity index is 626. The predicted molar refractivity (Wildman–Crippen MR) is 83.3 cm³/mol. The van der Waals surface area contributed by atoms with Gasteiger partial charge in [-0.15, -0.1) is 0 Å². The molecule has 118 valence electrons. The second-order valence-electron chi connectivity index (χ2n) is 5.15. The Morgan fingerprint density at radius 1 is 1.57 bits per heavy atom. The van der Waals surface area contributed by atoms with Crippen LogP contribution in [-0.4, -0.2) is 43.6 Å². The van der Waals surface area contributed by atoms with Crippen molar-refractivity contribution in [3.8, 4) is 0 Å². The van der Waals surface area contributed by atoms with E-state index >= 15 is 0 Å². The standard InChI is InChI=1S/C12H20N4O3S2/c1-3-6-21(18,19)10-11(13)15-20-12(10)16-5-4-9(7-16)14-8(2)17/h9H,3-7H2,1-2H3,(H2,13,15)(H,14,17). The molecule has 1 aromatic heterocycles. The fourth-order valence-electron chi connectivity index (χ4n) is 2.50. The molecule has 0 spiro atoms. The number of carbonyl (C=O) groups excluding carboxylic acids is 1. The van der Waals surface area contributed by atoms with Gasteiger partial charge >= 0.3 is 0 Å². The Balaban J connectivity index is 2.25. The number of nitrogens with one attached hydrogen (secondary N) is 1. The van der Waals surface area contributed by atoms with Crippen LogP contribution >= 0.6 is 11.5 Å². The van der Waals surface area contributed by atoms with Gasteiger partial charge in [0.2, 0.25) is 5.91 Å². The highest BCUT2D eigenvalue weighted by molar-refractivity contribution is 7.91. The number of nitrogens with zero attached hydrogens (tertiary/aromatic N) is 2. The summed E-state index contributed by atoms with van der Waals surface area (Å²) in [5, 5.41) is 3.45. The molecule has 0 bridgehead atoms. The third-order valence-electron chi connectivity index (χ3n) is 3.32. The molecule has 2 rings (SSSR count). The summed E-state index contributed by atoms with van der Waals surface area (Å²) in [6.45, 7) is 4.55. The molecular formula is C12H20N4O3S2. The summed E-state index contributed by atoms with van der Waals surface area (Å²) in [7, 11) is -3.41. The van der Waals surface area contributed by atoms with Crippen LogP contribution < -0.4 is 16.0 Å². The molecule has 0 saturated carbocycles. The third kappa shape index (κ3) is 3.46. The number of sulfone groups is 1. The van der Waals surface area contributed by atoms with Crippen molar-refractivity contribution < 1.29 is 13.2 Å². The number of nitrogen functional groups attached to an aromatic ring is 1. The van der Waals surface area contributed by atoms with E-state index in [0.29, 0.717) is 24.5 Å². The first-order valence-corrected chi connectivity index (χ1v) is 9.27. The number of carbonyl (C=O) groups is 1. The SMILES string of the molecule is CCCS(=O)(=O)c1c(N)nsc1N1CCC(NC(C)=O)C1. The minimum Gasteiger partial charge on any atom is -0.382 e. The van der Waals surface area contributed by atoms with E-state index in [2.05, 4.69) is 9.69 Å². The first kappa shape index (κ1) is 16.0. The Morgan fingerprint density at radius 3 is 2.90 bits per heavy atom. The number of nitrogens with two attached hydrogens (primary N) is 1. The van der Waals surface area contributed by atoms with E-state index < -0.39 is 9.84 Å². The minimum atomic E-state index is -3.41. The van der Waals surface area contributed by atoms with Gasteiger partial charge in [0, 0.05) is 26.1 Å². The van der Waals surface area contributed by atoms with E-state index in [0.717, 1.165) is 18.0 Å². The monoisotopic (exact) mass is 332 g/mol. The van der Waals surface area contributed by atoms with Gasteiger partial charge in [-0.05, 0) is 24.4 Å². The highest BCUT2D eigenvalue weighted by atomic mass is 32.2. The summed E-state index contributed by atoms with van der Waals surface area (Å²) in [6, 6.07) is 0.0348. The first-order valence-electron chi connectivity index (χ1n) is 6.85. The molecule has 21 heavy (non-hydrogen) atoms. The molecule has 1 unspecified atom stereocenters. The molecular weight excluding hydrogens is 312 g/mol. The summed E-state index contributed by atoms with van der Waals surface area (Å²) in [5.41, 5.74) is 5.76. The van der Waals surface area contributed by atoms with E-state index in [1.807, 2.05) is 11.8 Å². The smallest absolute Gasteiger partial charge is 0.217 e. The van der Waals surface area contributed by atoms with Crippen LogP contribution in [0, 0.1) is 0 Å². The molecule has 1 amide bonds. The van der Waals surface area contributed by atoms with E-state index in [1.165, 1.54) is 6.92 Å². The van der Waals surface area contributed by atoms with Crippen molar-refractivity contribution in [2.24, 2.45) is 0 Å². The number of anilines is 2. The second-order valence-corrected chi connectivity index (χ2v) is 7.95. The van der Waals surface area contributed by atoms with Gasteiger partial charge in [0.1, 0.15) is 9.90 Å². The van der Waals surface area contributed by atoms with Crippen LogP contribution in [0.25, 0.3) is 0 Å². The predicted octanol–water partition coefficient (Wildman–Crippen LogP) is 0.624. The second kappa shape index (κ2) is 6.18. The van der Waals surface area contributed by atoms with Crippen molar-refractivity contribution in [3.05, 3.63) is 0 Å². The van der Waals surface area contributed by atoms with Gasteiger partial charge in [-0.1, -0.05) is 6.92 Å². The summed E-state index contributed by atoms with van der Waals surface area (Å²) in [4.78, 5) is 13.2. The summed E-state index contributed by atoms with van der Waals surface area (Å²) < 4.78 is 28.7. The molecule has 9 heteroatoms. The molecule has 1 fully saturated rings. The van der Waals surface area contributed by atoms with Crippen LogP contribution in [0.15, 0.2) is 4.90 Å². The number of hydrogen-bond donors (Lipinski definition) is 2. The highest BCUT2D eigenvalue weighted by Gasteiger charge is 2.32. The molecule has 0 aromatic carbocycles. The number of rotatable bonds is 5. The molecule has 1 aromatic rings. The van der Waals surface area contributed by atoms with E-state index in [4.69, 9.17) is 5.73 Å². The molecule has 2 heterocycles.